The van der Waals surface area contributed by atoms with E-state index in [1.165, 1.54) is 16.1 Å². The number of amides is 2. The van der Waals surface area contributed by atoms with Gasteiger partial charge in [-0.3, -0.25) is 9.59 Å². The lowest BCUT2D eigenvalue weighted by Gasteiger charge is -2.30. The first-order chi connectivity index (χ1) is 13.1. The molecule has 27 heavy (non-hydrogen) atoms. The number of anilines is 1. The fraction of sp³-hybridized carbons (Fsp3) is 0.400. The summed E-state index contributed by atoms with van der Waals surface area (Å²) in [6.45, 7) is 2.45. The molecule has 0 bridgehead atoms. The van der Waals surface area contributed by atoms with Crippen molar-refractivity contribution in [2.45, 2.75) is 12.5 Å². The number of nitrogens with zero attached hydrogens (tertiary/aromatic N) is 2. The van der Waals surface area contributed by atoms with Crippen LogP contribution in [0.5, 0.6) is 0 Å². The van der Waals surface area contributed by atoms with Crippen molar-refractivity contribution in [1.82, 2.24) is 15.5 Å². The van der Waals surface area contributed by atoms with E-state index in [0.29, 0.717) is 19.6 Å². The van der Waals surface area contributed by atoms with Crippen molar-refractivity contribution >= 4 is 28.8 Å². The second-order valence-corrected chi connectivity index (χ2v) is 7.85. The molecular formula is C20H26N4O2S. The minimum atomic E-state index is -0.581. The molecule has 1 atom stereocenters. The summed E-state index contributed by atoms with van der Waals surface area (Å²) in [5.74, 6) is -1.16. The summed E-state index contributed by atoms with van der Waals surface area (Å²) in [7, 11) is 3.84. The third kappa shape index (κ3) is 4.87. The summed E-state index contributed by atoms with van der Waals surface area (Å²) in [6.07, 6.45) is 0.997. The lowest BCUT2D eigenvalue weighted by molar-refractivity contribution is -0.139. The van der Waals surface area contributed by atoms with Gasteiger partial charge in [0, 0.05) is 36.7 Å². The smallest absolute Gasteiger partial charge is 0.309 e. The van der Waals surface area contributed by atoms with Gasteiger partial charge in [0.25, 0.3) is 0 Å². The van der Waals surface area contributed by atoms with Crippen LogP contribution in [0.25, 0.3) is 0 Å². The van der Waals surface area contributed by atoms with E-state index in [1.807, 2.05) is 36.5 Å². The molecule has 0 aliphatic carbocycles. The molecule has 0 fully saturated rings. The number of thiophene rings is 1. The monoisotopic (exact) mass is 386 g/mol. The lowest BCUT2D eigenvalue weighted by Crippen LogP contribution is -2.45. The molecule has 1 aliphatic heterocycles. The van der Waals surface area contributed by atoms with Crippen molar-refractivity contribution < 1.29 is 9.59 Å². The Morgan fingerprint density at radius 2 is 1.93 bits per heavy atom. The van der Waals surface area contributed by atoms with Crippen molar-refractivity contribution in [3.63, 3.8) is 0 Å². The highest BCUT2D eigenvalue weighted by molar-refractivity contribution is 7.10. The number of rotatable bonds is 7. The van der Waals surface area contributed by atoms with Gasteiger partial charge in [-0.05, 0) is 43.6 Å². The number of hydrogen-bond donors (Lipinski definition) is 2. The van der Waals surface area contributed by atoms with Crippen LogP contribution in [0, 0.1) is 0 Å². The Kier molecular flexibility index (Phi) is 6.47. The number of para-hydroxylation sites is 1. The van der Waals surface area contributed by atoms with E-state index in [4.69, 9.17) is 0 Å². The van der Waals surface area contributed by atoms with Crippen LogP contribution in [0.4, 0.5) is 5.69 Å². The van der Waals surface area contributed by atoms with E-state index in [9.17, 15) is 9.59 Å². The summed E-state index contributed by atoms with van der Waals surface area (Å²) in [5.41, 5.74) is 2.53. The zero-order valence-corrected chi connectivity index (χ0v) is 16.6. The molecule has 2 amide bonds. The molecule has 1 aliphatic rings. The molecule has 6 nitrogen and oxygen atoms in total. The van der Waals surface area contributed by atoms with Crippen LogP contribution in [-0.2, 0) is 16.0 Å². The topological polar surface area (TPSA) is 64.7 Å². The minimum Gasteiger partial charge on any atom is -0.361 e. The SMILES string of the molecule is CN(C)CCNC(=O)C(=O)NC[C@H](c1cccs1)N1CCc2ccccc21. The predicted octanol–water partition coefficient (Wildman–Crippen LogP) is 1.65. The zero-order chi connectivity index (χ0) is 19.2. The molecule has 3 rings (SSSR count). The summed E-state index contributed by atoms with van der Waals surface area (Å²) in [5, 5.41) is 7.51. The van der Waals surface area contributed by atoms with E-state index < -0.39 is 11.8 Å². The van der Waals surface area contributed by atoms with Gasteiger partial charge in [0.1, 0.15) is 0 Å². The Labute approximate surface area is 164 Å². The molecular weight excluding hydrogens is 360 g/mol. The molecule has 2 N–H and O–H groups in total. The van der Waals surface area contributed by atoms with Crippen LogP contribution in [0.1, 0.15) is 16.5 Å². The highest BCUT2D eigenvalue weighted by Crippen LogP contribution is 2.36. The average Bonchev–Trinajstić information content (AvgIpc) is 3.32. The molecule has 0 saturated heterocycles. The van der Waals surface area contributed by atoms with Crippen LogP contribution in [-0.4, -0.2) is 57.0 Å². The first kappa shape index (κ1) is 19.4. The number of likely N-dealkylation sites (N-methyl/N-ethyl adjacent to an activating group) is 1. The summed E-state index contributed by atoms with van der Waals surface area (Å²) in [4.78, 5) is 29.7. The van der Waals surface area contributed by atoms with Crippen molar-refractivity contribution in [2.75, 3.05) is 45.2 Å². The van der Waals surface area contributed by atoms with Gasteiger partial charge < -0.3 is 20.4 Å². The summed E-state index contributed by atoms with van der Waals surface area (Å²) < 4.78 is 0. The molecule has 2 heterocycles. The van der Waals surface area contributed by atoms with Crippen molar-refractivity contribution in [3.05, 3.63) is 52.2 Å². The van der Waals surface area contributed by atoms with Gasteiger partial charge in [-0.2, -0.15) is 0 Å². The van der Waals surface area contributed by atoms with Gasteiger partial charge in [-0.15, -0.1) is 11.3 Å². The molecule has 0 unspecified atom stereocenters. The van der Waals surface area contributed by atoms with Crippen LogP contribution in [0.3, 0.4) is 0 Å². The molecule has 0 spiro atoms. The fourth-order valence-corrected chi connectivity index (χ4v) is 4.11. The fourth-order valence-electron chi connectivity index (χ4n) is 3.28. The number of nitrogens with one attached hydrogen (secondary N) is 2. The third-order valence-corrected chi connectivity index (χ3v) is 5.65. The van der Waals surface area contributed by atoms with Crippen LogP contribution in [0.15, 0.2) is 41.8 Å². The quantitative estimate of drug-likeness (QED) is 0.710. The molecule has 1 aromatic carbocycles. The number of benzene rings is 1. The molecule has 7 heteroatoms. The van der Waals surface area contributed by atoms with Crippen molar-refractivity contribution in [3.8, 4) is 0 Å². The summed E-state index contributed by atoms with van der Waals surface area (Å²) >= 11 is 1.67. The zero-order valence-electron chi connectivity index (χ0n) is 15.8. The van der Waals surface area contributed by atoms with E-state index in [0.717, 1.165) is 13.0 Å². The second kappa shape index (κ2) is 9.01. The van der Waals surface area contributed by atoms with Crippen molar-refractivity contribution in [2.24, 2.45) is 0 Å². The highest BCUT2D eigenvalue weighted by atomic mass is 32.1. The average molecular weight is 387 g/mol. The molecule has 0 saturated carbocycles. The second-order valence-electron chi connectivity index (χ2n) is 6.87. The van der Waals surface area contributed by atoms with Crippen LogP contribution >= 0.6 is 11.3 Å². The Balaban J connectivity index is 1.64. The van der Waals surface area contributed by atoms with E-state index in [2.05, 4.69) is 39.8 Å². The minimum absolute atomic E-state index is 0.0205. The van der Waals surface area contributed by atoms with E-state index in [1.54, 1.807) is 11.3 Å². The van der Waals surface area contributed by atoms with E-state index in [-0.39, 0.29) is 6.04 Å². The maximum absolute atomic E-state index is 12.2. The maximum Gasteiger partial charge on any atom is 0.309 e. The lowest BCUT2D eigenvalue weighted by atomic mass is 10.1. The highest BCUT2D eigenvalue weighted by Gasteiger charge is 2.28. The number of fused-ring (bicyclic) bond motifs is 1. The van der Waals surface area contributed by atoms with Crippen molar-refractivity contribution in [1.29, 1.82) is 0 Å². The van der Waals surface area contributed by atoms with Gasteiger partial charge in [-0.25, -0.2) is 0 Å². The van der Waals surface area contributed by atoms with Gasteiger partial charge >= 0.3 is 11.8 Å². The van der Waals surface area contributed by atoms with Gasteiger partial charge in [0.2, 0.25) is 0 Å². The Morgan fingerprint density at radius 1 is 1.15 bits per heavy atom. The maximum atomic E-state index is 12.2. The molecule has 1 aromatic heterocycles. The molecule has 144 valence electrons. The first-order valence-electron chi connectivity index (χ1n) is 9.15. The van der Waals surface area contributed by atoms with Crippen LogP contribution < -0.4 is 15.5 Å². The Hall–Kier alpha value is -2.38. The standard InChI is InChI=1S/C20H26N4O2S/c1-23(2)12-10-21-19(25)20(26)22-14-17(18-8-5-13-27-18)24-11-9-15-6-3-4-7-16(15)24/h3-8,13,17H,9-12,14H2,1-2H3,(H,21,25)(H,22,26)/t17-/m1/s1. The normalized spacial score (nSPS) is 14.1. The predicted molar refractivity (Wildman–Crippen MR) is 109 cm³/mol. The number of carbonyl (C=O) groups excluding carboxylic acids is 2. The molecule has 2 aromatic rings. The van der Waals surface area contributed by atoms with Crippen LogP contribution in [0.2, 0.25) is 0 Å². The van der Waals surface area contributed by atoms with E-state index >= 15 is 0 Å². The third-order valence-electron chi connectivity index (χ3n) is 4.68. The Bertz CT molecular complexity index is 776. The van der Waals surface area contributed by atoms with Gasteiger partial charge in [0.15, 0.2) is 0 Å². The number of carbonyl (C=O) groups is 2. The van der Waals surface area contributed by atoms with Gasteiger partial charge in [-0.1, -0.05) is 24.3 Å². The Morgan fingerprint density at radius 3 is 2.67 bits per heavy atom. The number of hydrogen-bond acceptors (Lipinski definition) is 5. The summed E-state index contributed by atoms with van der Waals surface area (Å²) in [6, 6.07) is 12.5. The largest absolute Gasteiger partial charge is 0.361 e. The molecule has 0 radical (unpaired) electrons. The van der Waals surface area contributed by atoms with Gasteiger partial charge in [0.05, 0.1) is 6.04 Å². The first-order valence-corrected chi connectivity index (χ1v) is 10.0.